The molecule has 0 radical (unpaired) electrons. The molecule has 15 nitrogen and oxygen atoms in total. The van der Waals surface area contributed by atoms with Crippen molar-refractivity contribution in [2.75, 3.05) is 16.0 Å². The molecule has 4 aromatic rings. The molecule has 0 aliphatic heterocycles. The summed E-state index contributed by atoms with van der Waals surface area (Å²) < 4.78 is 0. The van der Waals surface area contributed by atoms with Gasteiger partial charge in [-0.3, -0.25) is 30.3 Å². The van der Waals surface area contributed by atoms with Gasteiger partial charge in [-0.2, -0.15) is 15.0 Å². The van der Waals surface area contributed by atoms with Crippen molar-refractivity contribution in [1.29, 1.82) is 0 Å². The number of aromatic nitrogens is 3. The largest absolute Gasteiger partial charge is 0.324 e. The molecule has 4 rings (SSSR count). The summed E-state index contributed by atoms with van der Waals surface area (Å²) in [7, 11) is 0. The lowest BCUT2D eigenvalue weighted by Crippen LogP contribution is -2.07. The van der Waals surface area contributed by atoms with Gasteiger partial charge in [0.15, 0.2) is 0 Å². The Labute approximate surface area is 201 Å². The molecule has 180 valence electrons. The van der Waals surface area contributed by atoms with E-state index >= 15 is 0 Å². The molecular weight excluding hydrogens is 474 g/mol. The van der Waals surface area contributed by atoms with E-state index in [0.29, 0.717) is 17.1 Å². The third-order valence-electron chi connectivity index (χ3n) is 4.57. The number of nitro benzene ring substituents is 3. The number of nitro groups is 3. The minimum absolute atomic E-state index is 0.0219. The molecule has 0 amide bonds. The van der Waals surface area contributed by atoms with Crippen molar-refractivity contribution in [2.45, 2.75) is 0 Å². The third kappa shape index (κ3) is 5.79. The first kappa shape index (κ1) is 23.4. The van der Waals surface area contributed by atoms with E-state index < -0.39 is 14.8 Å². The zero-order valence-corrected chi connectivity index (χ0v) is 18.1. The summed E-state index contributed by atoms with van der Waals surface area (Å²) >= 11 is 0. The summed E-state index contributed by atoms with van der Waals surface area (Å²) in [6.07, 6.45) is 0. The Morgan fingerprint density at radius 3 is 1.03 bits per heavy atom. The lowest BCUT2D eigenvalue weighted by atomic mass is 10.3. The SMILES string of the molecule is O=[N+]([O-])c1cccc(Nc2nc(Nc3cccc([N+](=O)[O-])c3)nc(Nc3cccc([N+](=O)[O-])c3)n2)c1. The van der Waals surface area contributed by atoms with E-state index in [-0.39, 0.29) is 34.9 Å². The number of rotatable bonds is 9. The van der Waals surface area contributed by atoms with Gasteiger partial charge in [-0.15, -0.1) is 0 Å². The second-order valence-electron chi connectivity index (χ2n) is 7.10. The highest BCUT2D eigenvalue weighted by molar-refractivity contribution is 5.64. The Bertz CT molecular complexity index is 1290. The molecule has 0 atom stereocenters. The second-order valence-corrected chi connectivity index (χ2v) is 7.10. The minimum atomic E-state index is -0.552. The first-order chi connectivity index (χ1) is 17.3. The van der Waals surface area contributed by atoms with E-state index in [1.165, 1.54) is 54.6 Å². The van der Waals surface area contributed by atoms with Crippen molar-refractivity contribution in [1.82, 2.24) is 15.0 Å². The summed E-state index contributed by atoms with van der Waals surface area (Å²) in [6.45, 7) is 0. The molecular formula is C21H15N9O6. The lowest BCUT2D eigenvalue weighted by molar-refractivity contribution is -0.385. The van der Waals surface area contributed by atoms with E-state index in [9.17, 15) is 30.3 Å². The molecule has 3 N–H and O–H groups in total. The van der Waals surface area contributed by atoms with Crippen LogP contribution in [0.25, 0.3) is 0 Å². The zero-order valence-electron chi connectivity index (χ0n) is 18.1. The van der Waals surface area contributed by atoms with Crippen molar-refractivity contribution < 1.29 is 14.8 Å². The first-order valence-electron chi connectivity index (χ1n) is 10.1. The van der Waals surface area contributed by atoms with Crippen LogP contribution >= 0.6 is 0 Å². The van der Waals surface area contributed by atoms with Gasteiger partial charge in [-0.1, -0.05) is 18.2 Å². The van der Waals surface area contributed by atoms with Crippen LogP contribution in [0.5, 0.6) is 0 Å². The van der Waals surface area contributed by atoms with Crippen LogP contribution in [0.2, 0.25) is 0 Å². The van der Waals surface area contributed by atoms with Crippen LogP contribution in [0.1, 0.15) is 0 Å². The van der Waals surface area contributed by atoms with E-state index in [1.54, 1.807) is 18.2 Å². The number of anilines is 6. The van der Waals surface area contributed by atoms with Crippen LogP contribution in [0.4, 0.5) is 52.0 Å². The maximum atomic E-state index is 11.1. The summed E-state index contributed by atoms with van der Waals surface area (Å²) in [5.74, 6) is -0.0657. The van der Waals surface area contributed by atoms with Gasteiger partial charge >= 0.3 is 0 Å². The summed E-state index contributed by atoms with van der Waals surface area (Å²) in [4.78, 5) is 44.3. The standard InChI is InChI=1S/C21H15N9O6/c31-28(32)16-7-1-4-13(10-16)22-19-25-20(23-14-5-2-8-17(11-14)29(33)34)27-21(26-19)24-15-6-3-9-18(12-15)30(35)36/h1-12H,(H3,22,23,24,25,26,27). The molecule has 0 aliphatic rings. The van der Waals surface area contributed by atoms with Gasteiger partial charge in [0.2, 0.25) is 17.8 Å². The molecule has 0 saturated heterocycles. The molecule has 0 bridgehead atoms. The van der Waals surface area contributed by atoms with Gasteiger partial charge in [0.05, 0.1) is 14.8 Å². The highest BCUT2D eigenvalue weighted by Gasteiger charge is 2.13. The number of non-ortho nitro benzene ring substituents is 3. The Balaban J connectivity index is 1.69. The zero-order chi connectivity index (χ0) is 25.7. The number of hydrogen-bond donors (Lipinski definition) is 3. The Morgan fingerprint density at radius 2 is 0.778 bits per heavy atom. The van der Waals surface area contributed by atoms with E-state index in [1.807, 2.05) is 0 Å². The van der Waals surface area contributed by atoms with Crippen LogP contribution in [0.15, 0.2) is 72.8 Å². The molecule has 1 aromatic heterocycles. The molecule has 0 saturated carbocycles. The van der Waals surface area contributed by atoms with Crippen LogP contribution in [0.3, 0.4) is 0 Å². The third-order valence-corrected chi connectivity index (χ3v) is 4.57. The van der Waals surface area contributed by atoms with Crippen LogP contribution in [-0.4, -0.2) is 29.7 Å². The van der Waals surface area contributed by atoms with Crippen LogP contribution < -0.4 is 16.0 Å². The summed E-state index contributed by atoms with van der Waals surface area (Å²) in [5, 5.41) is 41.8. The van der Waals surface area contributed by atoms with Gasteiger partial charge in [-0.25, -0.2) is 0 Å². The van der Waals surface area contributed by atoms with Gasteiger partial charge in [-0.05, 0) is 18.2 Å². The highest BCUT2D eigenvalue weighted by Crippen LogP contribution is 2.25. The smallest absolute Gasteiger partial charge is 0.271 e. The lowest BCUT2D eigenvalue weighted by Gasteiger charge is -2.11. The molecule has 0 aliphatic carbocycles. The minimum Gasteiger partial charge on any atom is -0.324 e. The fourth-order valence-corrected chi connectivity index (χ4v) is 3.02. The van der Waals surface area contributed by atoms with Crippen molar-refractivity contribution in [2.24, 2.45) is 0 Å². The van der Waals surface area contributed by atoms with Crippen molar-refractivity contribution >= 4 is 52.0 Å². The van der Waals surface area contributed by atoms with E-state index in [0.717, 1.165) is 0 Å². The summed E-state index contributed by atoms with van der Waals surface area (Å²) in [5.41, 5.74) is 0.492. The van der Waals surface area contributed by atoms with Gasteiger partial charge in [0.25, 0.3) is 17.1 Å². The monoisotopic (exact) mass is 489 g/mol. The maximum absolute atomic E-state index is 11.1. The van der Waals surface area contributed by atoms with Gasteiger partial charge < -0.3 is 16.0 Å². The first-order valence-corrected chi connectivity index (χ1v) is 10.1. The molecule has 36 heavy (non-hydrogen) atoms. The Hall–Kier alpha value is -5.73. The predicted molar refractivity (Wildman–Crippen MR) is 129 cm³/mol. The van der Waals surface area contributed by atoms with E-state index in [2.05, 4.69) is 30.9 Å². The normalized spacial score (nSPS) is 10.3. The highest BCUT2D eigenvalue weighted by atomic mass is 16.6. The molecule has 15 heteroatoms. The molecule has 1 heterocycles. The van der Waals surface area contributed by atoms with Gasteiger partial charge in [0, 0.05) is 53.5 Å². The summed E-state index contributed by atoms with van der Waals surface area (Å²) in [6, 6.07) is 17.0. The second kappa shape index (κ2) is 10.0. The van der Waals surface area contributed by atoms with E-state index in [4.69, 9.17) is 0 Å². The average Bonchev–Trinajstić information content (AvgIpc) is 2.84. The van der Waals surface area contributed by atoms with Crippen molar-refractivity contribution in [3.05, 3.63) is 103 Å². The molecule has 0 fully saturated rings. The average molecular weight is 489 g/mol. The number of nitrogens with one attached hydrogen (secondary N) is 3. The fraction of sp³-hybridized carbons (Fsp3) is 0. The molecule has 0 spiro atoms. The van der Waals surface area contributed by atoms with Crippen molar-refractivity contribution in [3.8, 4) is 0 Å². The fourth-order valence-electron chi connectivity index (χ4n) is 3.02. The topological polar surface area (TPSA) is 204 Å². The van der Waals surface area contributed by atoms with Crippen molar-refractivity contribution in [3.63, 3.8) is 0 Å². The molecule has 0 unspecified atom stereocenters. The maximum Gasteiger partial charge on any atom is 0.271 e. The quantitative estimate of drug-likeness (QED) is 0.214. The van der Waals surface area contributed by atoms with Gasteiger partial charge in [0.1, 0.15) is 0 Å². The van der Waals surface area contributed by atoms with Crippen LogP contribution in [-0.2, 0) is 0 Å². The number of hydrogen-bond acceptors (Lipinski definition) is 12. The van der Waals surface area contributed by atoms with Crippen LogP contribution in [0, 0.1) is 30.3 Å². The Morgan fingerprint density at radius 1 is 0.500 bits per heavy atom. The predicted octanol–water partition coefficient (Wildman–Crippen LogP) is 4.83. The molecule has 3 aromatic carbocycles. The Kier molecular flexibility index (Phi) is 6.53. The number of nitrogens with zero attached hydrogens (tertiary/aromatic N) is 6. The number of benzene rings is 3.